The highest BCUT2D eigenvalue weighted by Crippen LogP contribution is 1.86. The fourth-order valence-corrected chi connectivity index (χ4v) is 0.379. The molecule has 0 aromatic rings. The predicted octanol–water partition coefficient (Wildman–Crippen LogP) is 0.596. The van der Waals surface area contributed by atoms with Crippen LogP contribution < -0.4 is 5.32 Å². The SMILES string of the molecule is [C-]#[N+]C(C)C(=O)NCC=C. The fourth-order valence-electron chi connectivity index (χ4n) is 0.379. The third-order valence-corrected chi connectivity index (χ3v) is 0.994. The van der Waals surface area contributed by atoms with Gasteiger partial charge in [-0.3, -0.25) is 4.79 Å². The van der Waals surface area contributed by atoms with Gasteiger partial charge in [-0.1, -0.05) is 6.08 Å². The molecule has 10 heavy (non-hydrogen) atoms. The summed E-state index contributed by atoms with van der Waals surface area (Å²) >= 11 is 0. The van der Waals surface area contributed by atoms with Gasteiger partial charge in [0.25, 0.3) is 6.04 Å². The van der Waals surface area contributed by atoms with Gasteiger partial charge in [0, 0.05) is 13.5 Å². The minimum atomic E-state index is -0.583. The lowest BCUT2D eigenvalue weighted by Gasteiger charge is -1.98. The average Bonchev–Trinajstić information content (AvgIpc) is 1.98. The van der Waals surface area contributed by atoms with E-state index in [1.165, 1.54) is 0 Å². The predicted molar refractivity (Wildman–Crippen MR) is 39.3 cm³/mol. The van der Waals surface area contributed by atoms with Gasteiger partial charge >= 0.3 is 5.91 Å². The van der Waals surface area contributed by atoms with Crippen molar-refractivity contribution in [2.75, 3.05) is 6.54 Å². The number of hydrogen-bond donors (Lipinski definition) is 1. The zero-order valence-corrected chi connectivity index (χ0v) is 5.92. The molecule has 3 heteroatoms. The first-order chi connectivity index (χ1) is 4.72. The van der Waals surface area contributed by atoms with Gasteiger partial charge in [-0.2, -0.15) is 0 Å². The number of nitrogens with one attached hydrogen (secondary N) is 1. The molecule has 0 radical (unpaired) electrons. The largest absolute Gasteiger partial charge is 0.346 e. The number of hydrogen-bond acceptors (Lipinski definition) is 1. The van der Waals surface area contributed by atoms with Crippen molar-refractivity contribution in [3.8, 4) is 0 Å². The summed E-state index contributed by atoms with van der Waals surface area (Å²) in [6, 6.07) is -0.583. The summed E-state index contributed by atoms with van der Waals surface area (Å²) in [5.41, 5.74) is 0. The molecule has 1 N–H and O–H groups in total. The third kappa shape index (κ3) is 2.88. The zero-order chi connectivity index (χ0) is 7.98. The maximum Gasteiger partial charge on any atom is 0.303 e. The van der Waals surface area contributed by atoms with Crippen molar-refractivity contribution < 1.29 is 4.79 Å². The summed E-state index contributed by atoms with van der Waals surface area (Å²) in [5, 5.41) is 2.51. The second kappa shape index (κ2) is 4.57. The Morgan fingerprint density at radius 3 is 3.00 bits per heavy atom. The van der Waals surface area contributed by atoms with Crippen LogP contribution in [0.4, 0.5) is 0 Å². The molecular weight excluding hydrogens is 128 g/mol. The van der Waals surface area contributed by atoms with E-state index in [9.17, 15) is 4.79 Å². The lowest BCUT2D eigenvalue weighted by Crippen LogP contribution is -2.30. The molecule has 54 valence electrons. The molecule has 0 aliphatic heterocycles. The molecule has 0 fully saturated rings. The number of carbonyl (C=O) groups excluding carboxylic acids is 1. The molecule has 0 rings (SSSR count). The van der Waals surface area contributed by atoms with Crippen LogP contribution in [0.2, 0.25) is 0 Å². The van der Waals surface area contributed by atoms with Crippen molar-refractivity contribution in [2.24, 2.45) is 0 Å². The van der Waals surface area contributed by atoms with E-state index in [1.807, 2.05) is 0 Å². The molecule has 3 nitrogen and oxygen atoms in total. The molecule has 1 amide bonds. The van der Waals surface area contributed by atoms with Crippen molar-refractivity contribution in [2.45, 2.75) is 13.0 Å². The van der Waals surface area contributed by atoms with Crippen molar-refractivity contribution in [3.05, 3.63) is 24.1 Å². The summed E-state index contributed by atoms with van der Waals surface area (Å²) in [6.45, 7) is 11.9. The van der Waals surface area contributed by atoms with E-state index in [-0.39, 0.29) is 5.91 Å². The highest BCUT2D eigenvalue weighted by molar-refractivity contribution is 5.82. The first-order valence-corrected chi connectivity index (χ1v) is 2.97. The molecule has 0 aromatic heterocycles. The second-order valence-electron chi connectivity index (χ2n) is 1.84. The molecule has 1 unspecified atom stereocenters. The van der Waals surface area contributed by atoms with Gasteiger partial charge in [-0.25, -0.2) is 6.57 Å². The Morgan fingerprint density at radius 1 is 2.00 bits per heavy atom. The van der Waals surface area contributed by atoms with Crippen molar-refractivity contribution in [1.29, 1.82) is 0 Å². The fraction of sp³-hybridized carbons (Fsp3) is 0.429. The topological polar surface area (TPSA) is 33.5 Å². The lowest BCUT2D eigenvalue weighted by molar-refractivity contribution is -0.120. The monoisotopic (exact) mass is 138 g/mol. The van der Waals surface area contributed by atoms with Crippen LogP contribution in [-0.2, 0) is 4.79 Å². The Labute approximate surface area is 60.6 Å². The van der Waals surface area contributed by atoms with E-state index >= 15 is 0 Å². The number of nitrogens with zero attached hydrogens (tertiary/aromatic N) is 1. The molecule has 0 saturated carbocycles. The molecule has 0 aliphatic carbocycles. The van der Waals surface area contributed by atoms with Crippen LogP contribution in [0.1, 0.15) is 6.92 Å². The lowest BCUT2D eigenvalue weighted by atomic mass is 10.3. The third-order valence-electron chi connectivity index (χ3n) is 0.994. The molecule has 0 bridgehead atoms. The summed E-state index contributed by atoms with van der Waals surface area (Å²) in [5.74, 6) is -0.241. The quantitative estimate of drug-likeness (QED) is 0.449. The smallest absolute Gasteiger partial charge is 0.303 e. The van der Waals surface area contributed by atoms with Crippen LogP contribution in [0.3, 0.4) is 0 Å². The van der Waals surface area contributed by atoms with Crippen LogP contribution >= 0.6 is 0 Å². The van der Waals surface area contributed by atoms with E-state index in [0.29, 0.717) is 6.54 Å². The Kier molecular flexibility index (Phi) is 3.97. The normalized spacial score (nSPS) is 11.2. The van der Waals surface area contributed by atoms with Crippen LogP contribution in [-0.4, -0.2) is 18.5 Å². The van der Waals surface area contributed by atoms with Gasteiger partial charge in [0.05, 0.1) is 0 Å². The molecular formula is C7H10N2O. The van der Waals surface area contributed by atoms with Crippen LogP contribution in [0.25, 0.3) is 4.85 Å². The van der Waals surface area contributed by atoms with Crippen LogP contribution in [0.15, 0.2) is 12.7 Å². The van der Waals surface area contributed by atoms with E-state index in [2.05, 4.69) is 16.7 Å². The van der Waals surface area contributed by atoms with Gasteiger partial charge in [-0.05, 0) is 0 Å². The molecule has 0 spiro atoms. The molecule has 1 atom stereocenters. The second-order valence-corrected chi connectivity index (χ2v) is 1.84. The minimum absolute atomic E-state index is 0.241. The van der Waals surface area contributed by atoms with Crippen molar-refractivity contribution in [3.63, 3.8) is 0 Å². The Morgan fingerprint density at radius 2 is 2.60 bits per heavy atom. The Hall–Kier alpha value is -1.30. The van der Waals surface area contributed by atoms with E-state index in [1.54, 1.807) is 13.0 Å². The summed E-state index contributed by atoms with van der Waals surface area (Å²) in [4.78, 5) is 13.8. The van der Waals surface area contributed by atoms with Crippen LogP contribution in [0, 0.1) is 6.57 Å². The standard InChI is InChI=1S/C7H10N2O/c1-4-5-9-7(10)6(2)8-3/h4,6H,1,5H2,2H3,(H,9,10). The van der Waals surface area contributed by atoms with Crippen molar-refractivity contribution in [1.82, 2.24) is 5.32 Å². The van der Waals surface area contributed by atoms with E-state index in [0.717, 1.165) is 0 Å². The van der Waals surface area contributed by atoms with Gasteiger partial charge in [0.2, 0.25) is 0 Å². The summed E-state index contributed by atoms with van der Waals surface area (Å²) in [6.07, 6.45) is 1.58. The maximum atomic E-state index is 10.8. The molecule has 0 heterocycles. The molecule has 0 saturated heterocycles. The van der Waals surface area contributed by atoms with Gasteiger partial charge in [0.15, 0.2) is 0 Å². The number of amides is 1. The number of rotatable bonds is 3. The minimum Gasteiger partial charge on any atom is -0.346 e. The Bertz CT molecular complexity index is 169. The van der Waals surface area contributed by atoms with E-state index < -0.39 is 6.04 Å². The highest BCUT2D eigenvalue weighted by Gasteiger charge is 2.14. The van der Waals surface area contributed by atoms with Gasteiger partial charge < -0.3 is 10.2 Å². The summed E-state index contributed by atoms with van der Waals surface area (Å²) < 4.78 is 0. The zero-order valence-electron chi connectivity index (χ0n) is 5.92. The van der Waals surface area contributed by atoms with Gasteiger partial charge in [-0.15, -0.1) is 6.58 Å². The first kappa shape index (κ1) is 8.70. The summed E-state index contributed by atoms with van der Waals surface area (Å²) in [7, 11) is 0. The van der Waals surface area contributed by atoms with E-state index in [4.69, 9.17) is 6.57 Å². The Balaban J connectivity index is 3.64. The van der Waals surface area contributed by atoms with Gasteiger partial charge in [0.1, 0.15) is 0 Å². The number of carbonyl (C=O) groups is 1. The molecule has 0 aliphatic rings. The highest BCUT2D eigenvalue weighted by atomic mass is 16.2. The first-order valence-electron chi connectivity index (χ1n) is 2.97. The maximum absolute atomic E-state index is 10.8. The van der Waals surface area contributed by atoms with Crippen LogP contribution in [0.5, 0.6) is 0 Å². The molecule has 0 aromatic carbocycles. The van der Waals surface area contributed by atoms with Crippen molar-refractivity contribution >= 4 is 5.91 Å². The average molecular weight is 138 g/mol.